The molecule has 2 nitrogen and oxygen atoms in total. The highest BCUT2D eigenvalue weighted by Gasteiger charge is 2.23. The summed E-state index contributed by atoms with van der Waals surface area (Å²) in [6.45, 7) is 4.61. The molecule has 2 aromatic rings. The molecule has 0 saturated carbocycles. The molecular formula is C35H61N2+. The molecule has 1 heterocycles. The van der Waals surface area contributed by atoms with Crippen LogP contribution in [0.4, 0.5) is 0 Å². The van der Waals surface area contributed by atoms with Crippen LogP contribution in [0.25, 0.3) is 5.69 Å². The molecule has 1 N–H and O–H groups in total. The van der Waals surface area contributed by atoms with Crippen LogP contribution >= 0.6 is 0 Å². The van der Waals surface area contributed by atoms with Gasteiger partial charge in [-0.3, -0.25) is 0 Å². The third-order valence-corrected chi connectivity index (χ3v) is 8.20. The molecule has 0 unspecified atom stereocenters. The highest BCUT2D eigenvalue weighted by Crippen LogP contribution is 2.26. The van der Waals surface area contributed by atoms with Crippen LogP contribution in [-0.4, -0.2) is 4.98 Å². The first-order chi connectivity index (χ1) is 18.4. The minimum absolute atomic E-state index is 0.642. The maximum Gasteiger partial charge on any atom is 0.262 e. The molecule has 0 amide bonds. The molecular weight excluding hydrogens is 448 g/mol. The Morgan fingerprint density at radius 3 is 1.41 bits per heavy atom. The number of para-hydroxylation sites is 1. The third-order valence-electron chi connectivity index (χ3n) is 8.20. The van der Waals surface area contributed by atoms with E-state index in [1.807, 2.05) is 0 Å². The first-order valence-corrected chi connectivity index (χ1v) is 16.5. The second-order valence-corrected chi connectivity index (χ2v) is 11.5. The van der Waals surface area contributed by atoms with E-state index < -0.39 is 0 Å². The lowest BCUT2D eigenvalue weighted by Crippen LogP contribution is -2.34. The molecule has 0 aliphatic heterocycles. The summed E-state index contributed by atoms with van der Waals surface area (Å²) in [5.41, 5.74) is 1.28. The fourth-order valence-corrected chi connectivity index (χ4v) is 5.83. The fourth-order valence-electron chi connectivity index (χ4n) is 5.83. The number of nitrogens with zero attached hydrogens (tertiary/aromatic N) is 1. The van der Waals surface area contributed by atoms with Gasteiger partial charge in [0.05, 0.1) is 5.92 Å². The van der Waals surface area contributed by atoms with Gasteiger partial charge in [-0.05, 0) is 25.0 Å². The minimum atomic E-state index is 0.642. The maximum atomic E-state index is 3.61. The fraction of sp³-hybridized carbons (Fsp3) is 0.743. The van der Waals surface area contributed by atoms with Gasteiger partial charge < -0.3 is 0 Å². The Balaban J connectivity index is 1.55. The van der Waals surface area contributed by atoms with Crippen LogP contribution in [0.5, 0.6) is 0 Å². The van der Waals surface area contributed by atoms with Crippen molar-refractivity contribution in [3.05, 3.63) is 48.5 Å². The van der Waals surface area contributed by atoms with Crippen LogP contribution in [-0.2, 0) is 0 Å². The van der Waals surface area contributed by atoms with Gasteiger partial charge in [0.25, 0.3) is 5.82 Å². The Morgan fingerprint density at radius 2 is 0.946 bits per heavy atom. The zero-order valence-electron chi connectivity index (χ0n) is 24.8. The standard InChI is InChI=1S/C35H60N2/c1-3-5-7-9-10-11-12-13-14-15-16-17-18-19-20-21-24-28-33(27-23-8-6-4-2)35-36-31-32-37(35)34-29-25-22-26-30-34/h22,25-26,29-33H,3-21,23-24,27-28H2,1-2H3/p+1/t33-/m0/s1. The lowest BCUT2D eigenvalue weighted by atomic mass is 9.93. The molecule has 1 aromatic carbocycles. The molecule has 0 saturated heterocycles. The smallest absolute Gasteiger partial charge is 0.247 e. The van der Waals surface area contributed by atoms with Gasteiger partial charge in [-0.1, -0.05) is 167 Å². The van der Waals surface area contributed by atoms with Crippen LogP contribution < -0.4 is 4.57 Å². The van der Waals surface area contributed by atoms with Crippen molar-refractivity contribution in [2.45, 2.75) is 167 Å². The van der Waals surface area contributed by atoms with Crippen LogP contribution in [0, 0.1) is 0 Å². The van der Waals surface area contributed by atoms with Crippen LogP contribution in [0.1, 0.15) is 173 Å². The predicted octanol–water partition coefficient (Wildman–Crippen LogP) is 11.4. The molecule has 0 fully saturated rings. The third kappa shape index (κ3) is 14.8. The van der Waals surface area contributed by atoms with Crippen molar-refractivity contribution >= 4 is 0 Å². The number of nitrogens with one attached hydrogen (secondary N) is 1. The summed E-state index contributed by atoms with van der Waals surface area (Å²) in [6.07, 6.45) is 36.9. The average molecular weight is 510 g/mol. The Kier molecular flexibility index (Phi) is 19.2. The number of rotatable bonds is 25. The molecule has 1 aromatic heterocycles. The number of hydrogen-bond acceptors (Lipinski definition) is 0. The molecule has 0 bridgehead atoms. The van der Waals surface area contributed by atoms with Gasteiger partial charge in [-0.25, -0.2) is 4.98 Å². The second-order valence-electron chi connectivity index (χ2n) is 11.5. The average Bonchev–Trinajstić information content (AvgIpc) is 3.42. The first-order valence-electron chi connectivity index (χ1n) is 16.5. The number of unbranched alkanes of at least 4 members (excludes halogenated alkanes) is 19. The van der Waals surface area contributed by atoms with Gasteiger partial charge in [-0.2, -0.15) is 4.57 Å². The molecule has 0 radical (unpaired) electrons. The van der Waals surface area contributed by atoms with E-state index in [2.05, 4.69) is 66.1 Å². The lowest BCUT2D eigenvalue weighted by molar-refractivity contribution is -0.604. The lowest BCUT2D eigenvalue weighted by Gasteiger charge is -2.14. The molecule has 0 aliphatic rings. The number of aromatic amines is 1. The van der Waals surface area contributed by atoms with E-state index in [-0.39, 0.29) is 0 Å². The Hall–Kier alpha value is -1.57. The Labute approximate surface area is 231 Å². The zero-order chi connectivity index (χ0) is 26.2. The first kappa shape index (κ1) is 31.6. The number of hydrogen-bond donors (Lipinski definition) is 1. The van der Waals surface area contributed by atoms with E-state index >= 15 is 0 Å². The normalized spacial score (nSPS) is 12.3. The highest BCUT2D eigenvalue weighted by molar-refractivity contribution is 5.22. The number of H-pyrrole nitrogens is 1. The van der Waals surface area contributed by atoms with Crippen molar-refractivity contribution < 1.29 is 4.57 Å². The van der Waals surface area contributed by atoms with Gasteiger partial charge in [-0.15, -0.1) is 0 Å². The van der Waals surface area contributed by atoms with Crippen molar-refractivity contribution in [1.82, 2.24) is 4.98 Å². The van der Waals surface area contributed by atoms with Gasteiger partial charge in [0.1, 0.15) is 18.1 Å². The summed E-state index contributed by atoms with van der Waals surface area (Å²) in [5, 5.41) is 0. The summed E-state index contributed by atoms with van der Waals surface area (Å²) >= 11 is 0. The molecule has 37 heavy (non-hydrogen) atoms. The summed E-state index contributed by atoms with van der Waals surface area (Å²) in [6, 6.07) is 10.8. The zero-order valence-corrected chi connectivity index (χ0v) is 24.8. The Bertz CT molecular complexity index is 735. The van der Waals surface area contributed by atoms with E-state index in [9.17, 15) is 0 Å². The largest absolute Gasteiger partial charge is 0.262 e. The molecule has 210 valence electrons. The molecule has 0 spiro atoms. The summed E-state index contributed by atoms with van der Waals surface area (Å²) in [4.78, 5) is 3.61. The van der Waals surface area contributed by atoms with E-state index in [0.717, 1.165) is 0 Å². The quantitative estimate of drug-likeness (QED) is 0.101. The maximum absolute atomic E-state index is 3.61. The number of benzene rings is 1. The van der Waals surface area contributed by atoms with E-state index in [1.54, 1.807) is 0 Å². The van der Waals surface area contributed by atoms with Crippen LogP contribution in [0.15, 0.2) is 42.7 Å². The van der Waals surface area contributed by atoms with Crippen molar-refractivity contribution in [2.75, 3.05) is 0 Å². The SMILES string of the molecule is CCCCCCCCCCCCCCCCCCC[C@H](CCCCCC)c1[nH]cc[n+]1-c1ccccc1. The summed E-state index contributed by atoms with van der Waals surface area (Å²) < 4.78 is 2.39. The molecule has 1 atom stereocenters. The van der Waals surface area contributed by atoms with Crippen LogP contribution in [0.2, 0.25) is 0 Å². The molecule has 2 heteroatoms. The van der Waals surface area contributed by atoms with E-state index in [4.69, 9.17) is 0 Å². The van der Waals surface area contributed by atoms with Gasteiger partial charge in [0, 0.05) is 0 Å². The van der Waals surface area contributed by atoms with Crippen molar-refractivity contribution in [2.24, 2.45) is 0 Å². The predicted molar refractivity (Wildman–Crippen MR) is 163 cm³/mol. The van der Waals surface area contributed by atoms with Gasteiger partial charge in [0.15, 0.2) is 0 Å². The number of imidazole rings is 1. The van der Waals surface area contributed by atoms with Gasteiger partial charge in [0.2, 0.25) is 0 Å². The van der Waals surface area contributed by atoms with E-state index in [0.29, 0.717) is 5.92 Å². The van der Waals surface area contributed by atoms with E-state index in [1.165, 1.54) is 159 Å². The second kappa shape index (κ2) is 22.4. The topological polar surface area (TPSA) is 19.7 Å². The van der Waals surface area contributed by atoms with Gasteiger partial charge >= 0.3 is 0 Å². The Morgan fingerprint density at radius 1 is 0.541 bits per heavy atom. The summed E-state index contributed by atoms with van der Waals surface area (Å²) in [5.74, 6) is 2.04. The molecule has 0 aliphatic carbocycles. The molecule has 2 rings (SSSR count). The van der Waals surface area contributed by atoms with Crippen LogP contribution in [0.3, 0.4) is 0 Å². The number of aromatic nitrogens is 2. The monoisotopic (exact) mass is 509 g/mol. The highest BCUT2D eigenvalue weighted by atomic mass is 15.1. The van der Waals surface area contributed by atoms with Crippen molar-refractivity contribution in [3.8, 4) is 5.69 Å². The van der Waals surface area contributed by atoms with Crippen molar-refractivity contribution in [1.29, 1.82) is 0 Å². The summed E-state index contributed by atoms with van der Waals surface area (Å²) in [7, 11) is 0. The van der Waals surface area contributed by atoms with Crippen molar-refractivity contribution in [3.63, 3.8) is 0 Å². The minimum Gasteiger partial charge on any atom is -0.247 e.